The van der Waals surface area contributed by atoms with Gasteiger partial charge < -0.3 is 10.2 Å². The van der Waals surface area contributed by atoms with Crippen LogP contribution in [0.5, 0.6) is 0 Å². The smallest absolute Gasteiger partial charge is 0.264 e. The van der Waals surface area contributed by atoms with E-state index in [0.717, 1.165) is 28.1 Å². The van der Waals surface area contributed by atoms with E-state index in [0.29, 0.717) is 22.0 Å². The summed E-state index contributed by atoms with van der Waals surface area (Å²) in [4.78, 5) is 28.8. The highest BCUT2D eigenvalue weighted by Gasteiger charge is 2.27. The van der Waals surface area contributed by atoms with Crippen molar-refractivity contribution >= 4 is 46.9 Å². The van der Waals surface area contributed by atoms with Crippen LogP contribution in [-0.2, 0) is 11.2 Å². The first-order valence-corrected chi connectivity index (χ1v) is 11.5. The molecule has 1 N–H and O–H groups in total. The van der Waals surface area contributed by atoms with Gasteiger partial charge in [0.25, 0.3) is 11.8 Å². The van der Waals surface area contributed by atoms with Crippen molar-refractivity contribution < 1.29 is 9.59 Å². The first-order chi connectivity index (χ1) is 15.4. The van der Waals surface area contributed by atoms with E-state index in [1.807, 2.05) is 67.6 Å². The lowest BCUT2D eigenvalue weighted by Gasteiger charge is -2.27. The molecule has 4 rings (SSSR count). The van der Waals surface area contributed by atoms with Gasteiger partial charge in [-0.1, -0.05) is 65.3 Å². The highest BCUT2D eigenvalue weighted by Crippen LogP contribution is 2.42. The van der Waals surface area contributed by atoms with Crippen molar-refractivity contribution in [3.63, 3.8) is 0 Å². The molecular weight excluding hydrogens is 440 g/mol. The van der Waals surface area contributed by atoms with Crippen LogP contribution < -0.4 is 10.2 Å². The third-order valence-corrected chi connectivity index (χ3v) is 6.63. The molecule has 4 nitrogen and oxygen atoms in total. The van der Waals surface area contributed by atoms with Crippen LogP contribution in [0.1, 0.15) is 27.0 Å². The highest BCUT2D eigenvalue weighted by molar-refractivity contribution is 8.04. The second-order valence-electron chi connectivity index (χ2n) is 7.70. The lowest BCUT2D eigenvalue weighted by atomic mass is 10.1. The van der Waals surface area contributed by atoms with Crippen molar-refractivity contribution in [3.8, 4) is 0 Å². The van der Waals surface area contributed by atoms with E-state index in [4.69, 9.17) is 11.6 Å². The van der Waals surface area contributed by atoms with Gasteiger partial charge in [0, 0.05) is 29.1 Å². The van der Waals surface area contributed by atoms with Gasteiger partial charge in [-0.25, -0.2) is 0 Å². The van der Waals surface area contributed by atoms with Gasteiger partial charge in [0.1, 0.15) is 0 Å². The highest BCUT2D eigenvalue weighted by atomic mass is 35.5. The van der Waals surface area contributed by atoms with Crippen LogP contribution in [0.4, 0.5) is 5.69 Å². The molecule has 0 atom stereocenters. The third-order valence-electron chi connectivity index (χ3n) is 5.31. The molecule has 1 heterocycles. The third kappa shape index (κ3) is 5.06. The van der Waals surface area contributed by atoms with E-state index < -0.39 is 0 Å². The van der Waals surface area contributed by atoms with Gasteiger partial charge in [0.2, 0.25) is 0 Å². The van der Waals surface area contributed by atoms with Crippen molar-refractivity contribution in [3.05, 3.63) is 98.9 Å². The quantitative estimate of drug-likeness (QED) is 0.492. The van der Waals surface area contributed by atoms with Gasteiger partial charge in [-0.05, 0) is 60.9 Å². The Kier molecular flexibility index (Phi) is 6.68. The number of thioether (sulfide) groups is 1. The first-order valence-electron chi connectivity index (χ1n) is 10.3. The van der Waals surface area contributed by atoms with Crippen LogP contribution in [0.25, 0.3) is 6.08 Å². The van der Waals surface area contributed by atoms with Gasteiger partial charge in [-0.3, -0.25) is 9.59 Å². The van der Waals surface area contributed by atoms with Crippen molar-refractivity contribution in [1.29, 1.82) is 0 Å². The molecule has 3 aromatic carbocycles. The summed E-state index contributed by atoms with van der Waals surface area (Å²) >= 11 is 7.34. The Hall–Kier alpha value is -3.02. The van der Waals surface area contributed by atoms with Crippen molar-refractivity contribution in [1.82, 2.24) is 5.32 Å². The Morgan fingerprint density at radius 3 is 2.50 bits per heavy atom. The van der Waals surface area contributed by atoms with E-state index in [9.17, 15) is 9.59 Å². The summed E-state index contributed by atoms with van der Waals surface area (Å²) in [5.41, 5.74) is 4.54. The molecule has 0 fully saturated rings. The molecule has 0 saturated heterocycles. The summed E-state index contributed by atoms with van der Waals surface area (Å²) in [7, 11) is 1.74. The van der Waals surface area contributed by atoms with Crippen molar-refractivity contribution in [2.75, 3.05) is 18.5 Å². The number of fused-ring (bicyclic) bond motifs is 1. The SMILES string of the molecule is Cc1ccc(C=C2Sc3ccc(C(=O)NCCc4ccc(Cl)cc4)cc3N(C)C2=O)cc1. The zero-order valence-electron chi connectivity index (χ0n) is 17.9. The fourth-order valence-electron chi connectivity index (χ4n) is 3.42. The average Bonchev–Trinajstić information content (AvgIpc) is 2.80. The minimum Gasteiger partial charge on any atom is -0.352 e. The maximum Gasteiger partial charge on any atom is 0.264 e. The molecule has 0 bridgehead atoms. The fraction of sp³-hybridized carbons (Fsp3) is 0.154. The molecule has 0 spiro atoms. The molecule has 6 heteroatoms. The largest absolute Gasteiger partial charge is 0.352 e. The number of likely N-dealkylation sites (N-methyl/N-ethyl adjacent to an activating group) is 1. The van der Waals surface area contributed by atoms with Gasteiger partial charge in [0.15, 0.2) is 0 Å². The lowest BCUT2D eigenvalue weighted by Crippen LogP contribution is -2.31. The number of hydrogen-bond donors (Lipinski definition) is 1. The molecule has 1 aliphatic rings. The van der Waals surface area contributed by atoms with E-state index in [2.05, 4.69) is 5.32 Å². The molecule has 162 valence electrons. The van der Waals surface area contributed by atoms with Gasteiger partial charge >= 0.3 is 0 Å². The van der Waals surface area contributed by atoms with Crippen molar-refractivity contribution in [2.45, 2.75) is 18.2 Å². The van der Waals surface area contributed by atoms with Crippen LogP contribution in [-0.4, -0.2) is 25.4 Å². The maximum absolute atomic E-state index is 12.9. The van der Waals surface area contributed by atoms with E-state index >= 15 is 0 Å². The number of rotatable bonds is 5. The molecule has 0 aliphatic carbocycles. The summed E-state index contributed by atoms with van der Waals surface area (Å²) in [6.07, 6.45) is 2.62. The fourth-order valence-corrected chi connectivity index (χ4v) is 4.64. The normalized spacial score (nSPS) is 14.4. The molecular formula is C26H23ClN2O2S. The van der Waals surface area contributed by atoms with Crippen LogP contribution in [0.2, 0.25) is 5.02 Å². The topological polar surface area (TPSA) is 49.4 Å². The summed E-state index contributed by atoms with van der Waals surface area (Å²) in [5, 5.41) is 3.64. The van der Waals surface area contributed by atoms with E-state index in [-0.39, 0.29) is 11.8 Å². The predicted octanol–water partition coefficient (Wildman–Crippen LogP) is 5.73. The number of carbonyl (C=O) groups excluding carboxylic acids is 2. The molecule has 32 heavy (non-hydrogen) atoms. The maximum atomic E-state index is 12.9. The van der Waals surface area contributed by atoms with Gasteiger partial charge in [-0.15, -0.1) is 0 Å². The summed E-state index contributed by atoms with van der Waals surface area (Å²) in [6, 6.07) is 21.1. The molecule has 2 amide bonds. The van der Waals surface area contributed by atoms with Crippen molar-refractivity contribution in [2.24, 2.45) is 0 Å². The minimum atomic E-state index is -0.159. The standard InChI is InChI=1S/C26H23ClN2O2S/c1-17-3-5-19(6-4-17)15-24-26(31)29(2)22-16-20(9-12-23(22)32-24)25(30)28-14-13-18-7-10-21(27)11-8-18/h3-12,15-16H,13-14H2,1-2H3,(H,28,30). The Morgan fingerprint density at radius 2 is 1.78 bits per heavy atom. The first kappa shape index (κ1) is 22.2. The lowest BCUT2D eigenvalue weighted by molar-refractivity contribution is -0.114. The molecule has 0 aromatic heterocycles. The predicted molar refractivity (Wildman–Crippen MR) is 132 cm³/mol. The Labute approximate surface area is 197 Å². The number of carbonyl (C=O) groups is 2. The summed E-state index contributed by atoms with van der Waals surface area (Å²) < 4.78 is 0. The average molecular weight is 463 g/mol. The Morgan fingerprint density at radius 1 is 1.06 bits per heavy atom. The van der Waals surface area contributed by atoms with E-state index in [1.165, 1.54) is 17.3 Å². The zero-order chi connectivity index (χ0) is 22.7. The number of halogens is 1. The van der Waals surface area contributed by atoms with Gasteiger partial charge in [0.05, 0.1) is 10.6 Å². The minimum absolute atomic E-state index is 0.0802. The van der Waals surface area contributed by atoms with Crippen LogP contribution in [0.15, 0.2) is 76.5 Å². The summed E-state index contributed by atoms with van der Waals surface area (Å²) in [6.45, 7) is 2.55. The molecule has 0 unspecified atom stereocenters. The number of nitrogens with one attached hydrogen (secondary N) is 1. The van der Waals surface area contributed by atoms with Gasteiger partial charge in [-0.2, -0.15) is 0 Å². The van der Waals surface area contributed by atoms with Crippen LogP contribution in [0, 0.1) is 6.92 Å². The number of benzene rings is 3. The zero-order valence-corrected chi connectivity index (χ0v) is 19.5. The number of hydrogen-bond acceptors (Lipinski definition) is 3. The van der Waals surface area contributed by atoms with Crippen LogP contribution >= 0.6 is 23.4 Å². The van der Waals surface area contributed by atoms with Crippen LogP contribution in [0.3, 0.4) is 0 Å². The molecule has 0 radical (unpaired) electrons. The Bertz CT molecular complexity index is 1190. The molecule has 3 aromatic rings. The second-order valence-corrected chi connectivity index (χ2v) is 9.22. The molecule has 1 aliphatic heterocycles. The summed E-state index contributed by atoms with van der Waals surface area (Å²) in [5.74, 6) is -0.239. The Balaban J connectivity index is 1.46. The number of amides is 2. The number of aryl methyl sites for hydroxylation is 1. The van der Waals surface area contributed by atoms with E-state index in [1.54, 1.807) is 24.1 Å². The second kappa shape index (κ2) is 9.63. The number of nitrogens with zero attached hydrogens (tertiary/aromatic N) is 1. The monoisotopic (exact) mass is 462 g/mol. The number of anilines is 1. The molecule has 0 saturated carbocycles.